The van der Waals surface area contributed by atoms with Crippen LogP contribution < -0.4 is 9.62 Å². The van der Waals surface area contributed by atoms with Gasteiger partial charge in [0.2, 0.25) is 10.0 Å². The number of aryl methyl sites for hydroxylation is 1. The van der Waals surface area contributed by atoms with E-state index in [1.807, 2.05) is 24.3 Å². The van der Waals surface area contributed by atoms with Crippen LogP contribution >= 0.6 is 0 Å². The number of rotatable bonds is 5. The number of carbonyl (C=O) groups excluding carboxylic acids is 3. The van der Waals surface area contributed by atoms with Gasteiger partial charge in [-0.1, -0.05) is 24.3 Å². The summed E-state index contributed by atoms with van der Waals surface area (Å²) in [5.41, 5.74) is 2.45. The zero-order chi connectivity index (χ0) is 24.1. The molecule has 3 amide bonds. The number of amides is 3. The highest BCUT2D eigenvalue weighted by atomic mass is 32.2. The molecule has 1 N–H and O–H groups in total. The van der Waals surface area contributed by atoms with E-state index < -0.39 is 21.6 Å². The van der Waals surface area contributed by atoms with Crippen LogP contribution in [0, 0.1) is 0 Å². The molecule has 0 radical (unpaired) electrons. The normalized spacial score (nSPS) is 21.9. The van der Waals surface area contributed by atoms with Gasteiger partial charge in [-0.25, -0.2) is 13.2 Å². The van der Waals surface area contributed by atoms with Crippen LogP contribution in [0.4, 0.5) is 10.5 Å². The molecule has 1 spiro atoms. The Kier molecular flexibility index (Phi) is 5.47. The lowest BCUT2D eigenvalue weighted by molar-refractivity contribution is -0.131. The summed E-state index contributed by atoms with van der Waals surface area (Å²) in [4.78, 5) is 40.6. The van der Waals surface area contributed by atoms with Crippen molar-refractivity contribution in [2.75, 3.05) is 23.1 Å². The quantitative estimate of drug-likeness (QED) is 0.522. The van der Waals surface area contributed by atoms with Gasteiger partial charge in [0.1, 0.15) is 5.54 Å². The highest BCUT2D eigenvalue weighted by Gasteiger charge is 2.53. The van der Waals surface area contributed by atoms with Crippen molar-refractivity contribution >= 4 is 33.4 Å². The second-order valence-corrected chi connectivity index (χ2v) is 11.3. The first kappa shape index (κ1) is 22.6. The second-order valence-electron chi connectivity index (χ2n) is 9.08. The highest BCUT2D eigenvalue weighted by molar-refractivity contribution is 7.92. The molecule has 9 heteroatoms. The van der Waals surface area contributed by atoms with E-state index >= 15 is 0 Å². The molecule has 2 aliphatic heterocycles. The molecule has 0 saturated carbocycles. The minimum absolute atomic E-state index is 0.00415. The van der Waals surface area contributed by atoms with Crippen molar-refractivity contribution in [1.29, 1.82) is 0 Å². The van der Waals surface area contributed by atoms with Crippen LogP contribution in [-0.2, 0) is 33.2 Å². The first-order valence-corrected chi connectivity index (χ1v) is 13.3. The van der Waals surface area contributed by atoms with Gasteiger partial charge in [0.25, 0.3) is 5.91 Å². The number of carbonyl (C=O) groups is 3. The summed E-state index contributed by atoms with van der Waals surface area (Å²) in [6.07, 6.45) is 3.59. The Morgan fingerprint density at radius 3 is 2.65 bits per heavy atom. The van der Waals surface area contributed by atoms with E-state index in [2.05, 4.69) is 5.32 Å². The number of nitrogens with one attached hydrogen (secondary N) is 1. The molecule has 1 saturated heterocycles. The number of nitrogens with zero attached hydrogens (tertiary/aromatic N) is 2. The molecule has 34 heavy (non-hydrogen) atoms. The fourth-order valence-corrected chi connectivity index (χ4v) is 6.50. The van der Waals surface area contributed by atoms with Crippen molar-refractivity contribution in [3.63, 3.8) is 0 Å². The Morgan fingerprint density at radius 2 is 1.85 bits per heavy atom. The van der Waals surface area contributed by atoms with Gasteiger partial charge in [-0.15, -0.1) is 0 Å². The van der Waals surface area contributed by atoms with E-state index in [0.29, 0.717) is 30.6 Å². The van der Waals surface area contributed by atoms with Crippen molar-refractivity contribution in [2.24, 2.45) is 0 Å². The van der Waals surface area contributed by atoms with Crippen molar-refractivity contribution in [3.8, 4) is 0 Å². The summed E-state index contributed by atoms with van der Waals surface area (Å²) in [7, 11) is -3.38. The van der Waals surface area contributed by atoms with Crippen molar-refractivity contribution in [2.45, 2.75) is 44.6 Å². The maximum atomic E-state index is 13.6. The SMILES string of the molecule is CCS(=O)(=O)N1CCc2cc(C(=O)CN3C(=O)N[C@]4(CCCCc5ccccc54)C3=O)ccc21. The van der Waals surface area contributed by atoms with Gasteiger partial charge in [0.05, 0.1) is 18.0 Å². The van der Waals surface area contributed by atoms with Gasteiger partial charge in [0, 0.05) is 12.1 Å². The van der Waals surface area contributed by atoms with Crippen LogP contribution in [0.5, 0.6) is 0 Å². The number of hydrogen-bond acceptors (Lipinski definition) is 5. The fourth-order valence-electron chi connectivity index (χ4n) is 5.34. The van der Waals surface area contributed by atoms with Crippen LogP contribution in [0.15, 0.2) is 42.5 Å². The van der Waals surface area contributed by atoms with Crippen molar-refractivity contribution in [3.05, 3.63) is 64.7 Å². The van der Waals surface area contributed by atoms with E-state index in [9.17, 15) is 22.8 Å². The lowest BCUT2D eigenvalue weighted by atomic mass is 9.84. The van der Waals surface area contributed by atoms with Crippen LogP contribution in [0.1, 0.15) is 53.2 Å². The molecule has 3 aliphatic rings. The van der Waals surface area contributed by atoms with Crippen molar-refractivity contribution in [1.82, 2.24) is 10.2 Å². The maximum Gasteiger partial charge on any atom is 0.325 e. The first-order chi connectivity index (χ1) is 16.3. The number of Topliss-reactive ketones (excluding diaryl/α,β-unsaturated/α-hetero) is 1. The van der Waals surface area contributed by atoms with E-state index in [1.165, 1.54) is 4.31 Å². The summed E-state index contributed by atoms with van der Waals surface area (Å²) < 4.78 is 26.0. The molecule has 2 heterocycles. The number of fused-ring (bicyclic) bond motifs is 3. The molecule has 1 atom stereocenters. The summed E-state index contributed by atoms with van der Waals surface area (Å²) in [5.74, 6) is -0.742. The Balaban J connectivity index is 1.39. The van der Waals surface area contributed by atoms with Gasteiger partial charge < -0.3 is 5.32 Å². The summed E-state index contributed by atoms with van der Waals surface area (Å²) in [5, 5.41) is 2.90. The third-order valence-electron chi connectivity index (χ3n) is 7.16. The molecular formula is C25H27N3O5S. The molecule has 5 rings (SSSR count). The molecule has 8 nitrogen and oxygen atoms in total. The smallest absolute Gasteiger partial charge is 0.319 e. The molecule has 1 fully saturated rings. The average molecular weight is 482 g/mol. The predicted octanol–water partition coefficient (Wildman–Crippen LogP) is 2.76. The summed E-state index contributed by atoms with van der Waals surface area (Å²) in [6, 6.07) is 12.0. The van der Waals surface area contributed by atoms with E-state index in [-0.39, 0.29) is 24.0 Å². The monoisotopic (exact) mass is 481 g/mol. The number of hydrogen-bond donors (Lipinski definition) is 1. The average Bonchev–Trinajstić information content (AvgIpc) is 3.30. The summed E-state index contributed by atoms with van der Waals surface area (Å²) in [6.45, 7) is 1.59. The van der Waals surface area contributed by atoms with Crippen LogP contribution in [0.25, 0.3) is 0 Å². The fraction of sp³-hybridized carbons (Fsp3) is 0.400. The molecule has 0 unspecified atom stereocenters. The Hall–Kier alpha value is -3.20. The van der Waals surface area contributed by atoms with Gasteiger partial charge >= 0.3 is 6.03 Å². The number of benzene rings is 2. The lowest BCUT2D eigenvalue weighted by Crippen LogP contribution is -2.44. The summed E-state index contributed by atoms with van der Waals surface area (Å²) >= 11 is 0. The third kappa shape index (κ3) is 3.50. The van der Waals surface area contributed by atoms with E-state index in [0.717, 1.165) is 40.9 Å². The zero-order valence-corrected chi connectivity index (χ0v) is 19.9. The Morgan fingerprint density at radius 1 is 1.06 bits per heavy atom. The molecular weight excluding hydrogens is 454 g/mol. The third-order valence-corrected chi connectivity index (χ3v) is 8.94. The van der Waals surface area contributed by atoms with E-state index in [4.69, 9.17) is 0 Å². The largest absolute Gasteiger partial charge is 0.325 e. The van der Waals surface area contributed by atoms with Gasteiger partial charge in [-0.3, -0.25) is 18.8 Å². The Bertz CT molecular complexity index is 1310. The Labute approximate surface area is 199 Å². The number of urea groups is 1. The molecule has 2 aromatic rings. The van der Waals surface area contributed by atoms with E-state index in [1.54, 1.807) is 25.1 Å². The van der Waals surface area contributed by atoms with Crippen LogP contribution in [-0.4, -0.2) is 49.9 Å². The minimum atomic E-state index is -3.38. The second kappa shape index (κ2) is 8.23. The highest BCUT2D eigenvalue weighted by Crippen LogP contribution is 2.39. The topological polar surface area (TPSA) is 104 Å². The number of imide groups is 1. The van der Waals surface area contributed by atoms with Gasteiger partial charge in [-0.05, 0) is 73.9 Å². The maximum absolute atomic E-state index is 13.6. The molecule has 2 aromatic carbocycles. The van der Waals surface area contributed by atoms with Gasteiger partial charge in [0.15, 0.2) is 5.78 Å². The van der Waals surface area contributed by atoms with Crippen molar-refractivity contribution < 1.29 is 22.8 Å². The molecule has 178 valence electrons. The van der Waals surface area contributed by atoms with Crippen LogP contribution in [0.2, 0.25) is 0 Å². The number of sulfonamides is 1. The molecule has 0 bridgehead atoms. The minimum Gasteiger partial charge on any atom is -0.319 e. The number of ketones is 1. The molecule has 0 aromatic heterocycles. The first-order valence-electron chi connectivity index (χ1n) is 11.7. The standard InChI is InChI=1S/C25H27N3O5S/c1-2-34(32,33)28-14-12-18-15-19(10-11-21(18)28)22(29)16-27-23(30)25(26-24(27)31)13-6-5-8-17-7-3-4-9-20(17)25/h3-4,7,9-11,15H,2,5-6,8,12-14,16H2,1H3,(H,26,31)/t25-/m0/s1. The van der Waals surface area contributed by atoms with Gasteiger partial charge in [-0.2, -0.15) is 0 Å². The predicted molar refractivity (Wildman–Crippen MR) is 127 cm³/mol. The molecule has 1 aliphatic carbocycles. The van der Waals surface area contributed by atoms with Crippen LogP contribution in [0.3, 0.4) is 0 Å². The lowest BCUT2D eigenvalue weighted by Gasteiger charge is -2.27. The number of anilines is 1. The zero-order valence-electron chi connectivity index (χ0n) is 19.0.